The molecule has 0 saturated carbocycles. The molecule has 0 aliphatic rings. The summed E-state index contributed by atoms with van der Waals surface area (Å²) in [5.74, 6) is 0.689. The van der Waals surface area contributed by atoms with Gasteiger partial charge in [0.2, 0.25) is 5.91 Å². The summed E-state index contributed by atoms with van der Waals surface area (Å²) in [5.41, 5.74) is 6.41. The number of nitrogens with zero attached hydrogens (tertiary/aromatic N) is 1. The molecule has 1 atom stereocenters. The third kappa shape index (κ3) is 5.40. The number of ether oxygens (including phenoxy) is 1. The first kappa shape index (κ1) is 15.0. The number of nitrogens with two attached hydrogens (primary N) is 1. The predicted molar refractivity (Wildman–Crippen MR) is 73.6 cm³/mol. The van der Waals surface area contributed by atoms with E-state index in [0.29, 0.717) is 23.8 Å². The largest absolute Gasteiger partial charge is 0.479 e. The maximum absolute atomic E-state index is 11.8. The van der Waals surface area contributed by atoms with Gasteiger partial charge in [-0.25, -0.2) is 0 Å². The molecular formula is C14H19N3O2. The van der Waals surface area contributed by atoms with Gasteiger partial charge in [0.25, 0.3) is 0 Å². The van der Waals surface area contributed by atoms with Gasteiger partial charge in [0, 0.05) is 11.8 Å². The SMILES string of the molecule is CC(C)C[C@H](N)C(=O)Nc1cccc(OCC#N)c1. The van der Waals surface area contributed by atoms with Gasteiger partial charge in [-0.05, 0) is 24.5 Å². The van der Waals surface area contributed by atoms with Gasteiger partial charge in [-0.1, -0.05) is 19.9 Å². The minimum Gasteiger partial charge on any atom is -0.479 e. The number of benzene rings is 1. The van der Waals surface area contributed by atoms with Crippen LogP contribution in [0.1, 0.15) is 20.3 Å². The van der Waals surface area contributed by atoms with Crippen LogP contribution in [0.4, 0.5) is 5.69 Å². The van der Waals surface area contributed by atoms with E-state index in [9.17, 15) is 4.79 Å². The van der Waals surface area contributed by atoms with Crippen LogP contribution in [-0.2, 0) is 4.79 Å². The van der Waals surface area contributed by atoms with Crippen molar-refractivity contribution in [3.8, 4) is 11.8 Å². The molecule has 0 unspecified atom stereocenters. The summed E-state index contributed by atoms with van der Waals surface area (Å²) in [6.07, 6.45) is 0.635. The molecule has 0 bridgehead atoms. The average Bonchev–Trinajstić information content (AvgIpc) is 2.36. The molecule has 0 heterocycles. The smallest absolute Gasteiger partial charge is 0.241 e. The van der Waals surface area contributed by atoms with E-state index in [4.69, 9.17) is 15.7 Å². The molecule has 0 fully saturated rings. The average molecular weight is 261 g/mol. The summed E-state index contributed by atoms with van der Waals surface area (Å²) in [4.78, 5) is 11.8. The Morgan fingerprint density at radius 3 is 2.89 bits per heavy atom. The highest BCUT2D eigenvalue weighted by atomic mass is 16.5. The zero-order valence-corrected chi connectivity index (χ0v) is 11.2. The van der Waals surface area contributed by atoms with E-state index in [0.717, 1.165) is 0 Å². The van der Waals surface area contributed by atoms with Crippen LogP contribution in [0, 0.1) is 17.2 Å². The van der Waals surface area contributed by atoms with Crippen LogP contribution in [0.5, 0.6) is 5.75 Å². The van der Waals surface area contributed by atoms with Crippen LogP contribution in [0.3, 0.4) is 0 Å². The molecule has 1 rings (SSSR count). The number of hydrogen-bond acceptors (Lipinski definition) is 4. The van der Waals surface area contributed by atoms with Gasteiger partial charge in [0.05, 0.1) is 6.04 Å². The quantitative estimate of drug-likeness (QED) is 0.818. The Morgan fingerprint density at radius 1 is 1.53 bits per heavy atom. The molecule has 1 aromatic rings. The maximum Gasteiger partial charge on any atom is 0.241 e. The predicted octanol–water partition coefficient (Wildman–Crippen LogP) is 1.90. The van der Waals surface area contributed by atoms with Gasteiger partial charge in [-0.3, -0.25) is 4.79 Å². The van der Waals surface area contributed by atoms with E-state index in [2.05, 4.69) is 5.32 Å². The standard InChI is InChI=1S/C14H19N3O2/c1-10(2)8-13(16)14(18)17-11-4-3-5-12(9-11)19-7-6-15/h3-5,9-10,13H,7-8,16H2,1-2H3,(H,17,18)/t13-/m0/s1. The van der Waals surface area contributed by atoms with E-state index in [-0.39, 0.29) is 12.5 Å². The van der Waals surface area contributed by atoms with Crippen LogP contribution in [0.2, 0.25) is 0 Å². The van der Waals surface area contributed by atoms with E-state index in [1.807, 2.05) is 19.9 Å². The third-order valence-corrected chi connectivity index (χ3v) is 2.47. The van der Waals surface area contributed by atoms with Crippen LogP contribution in [0.25, 0.3) is 0 Å². The van der Waals surface area contributed by atoms with Gasteiger partial charge in [-0.15, -0.1) is 0 Å². The maximum atomic E-state index is 11.8. The number of nitrogens with one attached hydrogen (secondary N) is 1. The van der Waals surface area contributed by atoms with Gasteiger partial charge in [-0.2, -0.15) is 5.26 Å². The van der Waals surface area contributed by atoms with E-state index < -0.39 is 6.04 Å². The first-order chi connectivity index (χ1) is 9.02. The van der Waals surface area contributed by atoms with Crippen molar-refractivity contribution in [2.24, 2.45) is 11.7 Å². The highest BCUT2D eigenvalue weighted by Gasteiger charge is 2.15. The monoisotopic (exact) mass is 261 g/mol. The van der Waals surface area contributed by atoms with Gasteiger partial charge in [0.1, 0.15) is 11.8 Å². The lowest BCUT2D eigenvalue weighted by molar-refractivity contribution is -0.117. The minimum atomic E-state index is -0.524. The first-order valence-electron chi connectivity index (χ1n) is 6.19. The fourth-order valence-corrected chi connectivity index (χ4v) is 1.63. The Hall–Kier alpha value is -2.06. The van der Waals surface area contributed by atoms with Crippen molar-refractivity contribution in [2.75, 3.05) is 11.9 Å². The molecule has 1 amide bonds. The molecule has 19 heavy (non-hydrogen) atoms. The van der Waals surface area contributed by atoms with Crippen molar-refractivity contribution < 1.29 is 9.53 Å². The number of nitriles is 1. The van der Waals surface area contributed by atoms with Crippen molar-refractivity contribution >= 4 is 11.6 Å². The number of hydrogen-bond donors (Lipinski definition) is 2. The van der Waals surface area contributed by atoms with E-state index >= 15 is 0 Å². The van der Waals surface area contributed by atoms with E-state index in [1.54, 1.807) is 24.3 Å². The normalized spacial score (nSPS) is 11.7. The summed E-state index contributed by atoms with van der Waals surface area (Å²) in [6.45, 7) is 4.01. The highest BCUT2D eigenvalue weighted by molar-refractivity contribution is 5.94. The summed E-state index contributed by atoms with van der Waals surface area (Å²) in [6, 6.07) is 8.25. The van der Waals surface area contributed by atoms with Crippen LogP contribution in [-0.4, -0.2) is 18.6 Å². The summed E-state index contributed by atoms with van der Waals surface area (Å²) < 4.78 is 5.16. The van der Waals surface area contributed by atoms with Crippen molar-refractivity contribution in [3.63, 3.8) is 0 Å². The number of amides is 1. The van der Waals surface area contributed by atoms with Gasteiger partial charge in [0.15, 0.2) is 6.61 Å². The molecule has 0 radical (unpaired) electrons. The molecule has 5 heteroatoms. The molecule has 0 aliphatic carbocycles. The zero-order valence-electron chi connectivity index (χ0n) is 11.2. The first-order valence-corrected chi connectivity index (χ1v) is 6.19. The molecular weight excluding hydrogens is 242 g/mol. The van der Waals surface area contributed by atoms with Gasteiger partial charge < -0.3 is 15.8 Å². The Morgan fingerprint density at radius 2 is 2.26 bits per heavy atom. The summed E-state index contributed by atoms with van der Waals surface area (Å²) in [5, 5.41) is 11.2. The molecule has 102 valence electrons. The van der Waals surface area contributed by atoms with Crippen molar-refractivity contribution in [1.29, 1.82) is 5.26 Å². The Kier molecular flexibility index (Phi) is 5.83. The Labute approximate surface area is 113 Å². The number of anilines is 1. The summed E-state index contributed by atoms with van der Waals surface area (Å²) in [7, 11) is 0. The fraction of sp³-hybridized carbons (Fsp3) is 0.429. The molecule has 0 spiro atoms. The van der Waals surface area contributed by atoms with E-state index in [1.165, 1.54) is 0 Å². The summed E-state index contributed by atoms with van der Waals surface area (Å²) >= 11 is 0. The highest BCUT2D eigenvalue weighted by Crippen LogP contribution is 2.17. The van der Waals surface area contributed by atoms with Crippen molar-refractivity contribution in [2.45, 2.75) is 26.3 Å². The topological polar surface area (TPSA) is 88.1 Å². The Balaban J connectivity index is 2.61. The Bertz CT molecular complexity index is 466. The van der Waals surface area contributed by atoms with Crippen molar-refractivity contribution in [3.05, 3.63) is 24.3 Å². The molecule has 0 aromatic heterocycles. The van der Waals surface area contributed by atoms with Crippen LogP contribution >= 0.6 is 0 Å². The molecule has 1 aromatic carbocycles. The minimum absolute atomic E-state index is 0.0235. The number of carbonyl (C=O) groups excluding carboxylic acids is 1. The lowest BCUT2D eigenvalue weighted by Gasteiger charge is -2.14. The van der Waals surface area contributed by atoms with Crippen LogP contribution in [0.15, 0.2) is 24.3 Å². The van der Waals surface area contributed by atoms with Crippen molar-refractivity contribution in [1.82, 2.24) is 0 Å². The molecule has 0 aliphatic heterocycles. The van der Waals surface area contributed by atoms with Crippen LogP contribution < -0.4 is 15.8 Å². The molecule has 5 nitrogen and oxygen atoms in total. The lowest BCUT2D eigenvalue weighted by atomic mass is 10.0. The second-order valence-electron chi connectivity index (χ2n) is 4.70. The second kappa shape index (κ2) is 7.39. The lowest BCUT2D eigenvalue weighted by Crippen LogP contribution is -2.36. The molecule has 0 saturated heterocycles. The van der Waals surface area contributed by atoms with Gasteiger partial charge >= 0.3 is 0 Å². The number of rotatable bonds is 6. The third-order valence-electron chi connectivity index (χ3n) is 2.47. The second-order valence-corrected chi connectivity index (χ2v) is 4.70. The zero-order chi connectivity index (χ0) is 14.3. The fourth-order valence-electron chi connectivity index (χ4n) is 1.63. The number of carbonyl (C=O) groups is 1. The molecule has 3 N–H and O–H groups in total.